The van der Waals surface area contributed by atoms with Crippen molar-refractivity contribution in [3.05, 3.63) is 17.2 Å². The van der Waals surface area contributed by atoms with E-state index < -0.39 is 11.6 Å². The highest BCUT2D eigenvalue weighted by atomic mass is 16.6. The fourth-order valence-electron chi connectivity index (χ4n) is 1.77. The molecule has 3 N–H and O–H groups in total. The first kappa shape index (κ1) is 10.8. The van der Waals surface area contributed by atoms with Gasteiger partial charge >= 0.3 is 0 Å². The Hall–Kier alpha value is -1.75. The summed E-state index contributed by atoms with van der Waals surface area (Å²) in [6, 6.07) is 1.09. The van der Waals surface area contributed by atoms with E-state index in [2.05, 4.69) is 0 Å². The van der Waals surface area contributed by atoms with Crippen molar-refractivity contribution in [3.8, 4) is 17.2 Å². The number of hydrogen-bond acceptors (Lipinski definition) is 5. The number of phenols is 2. The summed E-state index contributed by atoms with van der Waals surface area (Å²) < 4.78 is 5.20. The zero-order chi connectivity index (χ0) is 12.1. The summed E-state index contributed by atoms with van der Waals surface area (Å²) in [6.45, 7) is 2.90. The smallest absolute Gasteiger partial charge is 0.212 e. The van der Waals surface area contributed by atoms with E-state index in [1.165, 1.54) is 6.92 Å². The lowest BCUT2D eigenvalue weighted by Gasteiger charge is -2.31. The van der Waals surface area contributed by atoms with Crippen LogP contribution in [-0.2, 0) is 0 Å². The summed E-state index contributed by atoms with van der Waals surface area (Å²) in [5.41, 5.74) is 0.336. The van der Waals surface area contributed by atoms with E-state index in [0.717, 1.165) is 6.07 Å². The molecule has 1 aliphatic rings. The van der Waals surface area contributed by atoms with E-state index in [9.17, 15) is 20.1 Å². The molecule has 1 aromatic rings. The molecule has 0 spiro atoms. The second-order valence-corrected chi connectivity index (χ2v) is 4.12. The maximum atomic E-state index is 11.7. The van der Waals surface area contributed by atoms with Gasteiger partial charge in [0.05, 0.1) is 6.42 Å². The molecule has 1 atom stereocenters. The van der Waals surface area contributed by atoms with E-state index in [1.54, 1.807) is 6.92 Å². The second kappa shape index (κ2) is 3.12. The molecule has 16 heavy (non-hydrogen) atoms. The lowest BCUT2D eigenvalue weighted by molar-refractivity contribution is -0.123. The Morgan fingerprint density at radius 3 is 2.62 bits per heavy atom. The monoisotopic (exact) mass is 224 g/mol. The van der Waals surface area contributed by atoms with Crippen LogP contribution in [0, 0.1) is 6.92 Å². The zero-order valence-corrected chi connectivity index (χ0v) is 8.94. The van der Waals surface area contributed by atoms with Crippen LogP contribution in [0.1, 0.15) is 29.3 Å². The lowest BCUT2D eigenvalue weighted by Crippen LogP contribution is -2.39. The molecule has 1 unspecified atom stereocenters. The molecule has 2 rings (SSSR count). The van der Waals surface area contributed by atoms with Crippen LogP contribution in [0.3, 0.4) is 0 Å². The third-order valence-corrected chi connectivity index (χ3v) is 2.57. The first-order valence-electron chi connectivity index (χ1n) is 4.82. The van der Waals surface area contributed by atoms with Gasteiger partial charge < -0.3 is 20.1 Å². The van der Waals surface area contributed by atoms with Crippen LogP contribution < -0.4 is 4.74 Å². The predicted octanol–water partition coefficient (Wildman–Crippen LogP) is 1.08. The molecule has 0 saturated carbocycles. The predicted molar refractivity (Wildman–Crippen MR) is 54.7 cm³/mol. The number of ketones is 1. The molecular weight excluding hydrogens is 212 g/mol. The molecule has 0 amide bonds. The van der Waals surface area contributed by atoms with Crippen molar-refractivity contribution >= 4 is 5.78 Å². The van der Waals surface area contributed by atoms with E-state index in [0.29, 0.717) is 5.56 Å². The van der Waals surface area contributed by atoms with Crippen molar-refractivity contribution < 1.29 is 24.9 Å². The highest BCUT2D eigenvalue weighted by molar-refractivity contribution is 6.03. The number of ether oxygens (including phenoxy) is 1. The molecule has 0 bridgehead atoms. The molecule has 1 aromatic carbocycles. The summed E-state index contributed by atoms with van der Waals surface area (Å²) in [5, 5.41) is 28.7. The Morgan fingerprint density at radius 1 is 1.38 bits per heavy atom. The van der Waals surface area contributed by atoms with Crippen LogP contribution in [-0.4, -0.2) is 26.9 Å². The van der Waals surface area contributed by atoms with Gasteiger partial charge in [-0.2, -0.15) is 0 Å². The summed E-state index contributed by atoms with van der Waals surface area (Å²) >= 11 is 0. The molecule has 86 valence electrons. The van der Waals surface area contributed by atoms with Crippen LogP contribution in [0.25, 0.3) is 0 Å². The highest BCUT2D eigenvalue weighted by Crippen LogP contribution is 2.43. The molecule has 5 nitrogen and oxygen atoms in total. The van der Waals surface area contributed by atoms with Crippen molar-refractivity contribution in [3.63, 3.8) is 0 Å². The minimum atomic E-state index is -1.60. The van der Waals surface area contributed by atoms with Gasteiger partial charge in [0, 0.05) is 18.6 Å². The van der Waals surface area contributed by atoms with Gasteiger partial charge in [0.2, 0.25) is 5.79 Å². The average molecular weight is 224 g/mol. The van der Waals surface area contributed by atoms with Gasteiger partial charge in [0.15, 0.2) is 5.78 Å². The molecule has 0 aliphatic carbocycles. The number of phenolic OH excluding ortho intramolecular Hbond substituents is 2. The van der Waals surface area contributed by atoms with Crippen LogP contribution in [0.4, 0.5) is 0 Å². The number of carbonyl (C=O) groups excluding carboxylic acids is 1. The molecule has 1 aliphatic heterocycles. The van der Waals surface area contributed by atoms with Gasteiger partial charge in [0.25, 0.3) is 0 Å². The maximum absolute atomic E-state index is 11.7. The summed E-state index contributed by atoms with van der Waals surface area (Å²) in [5.74, 6) is -2.49. The Labute approximate surface area is 91.9 Å². The fraction of sp³-hybridized carbons (Fsp3) is 0.364. The number of aromatic hydroxyl groups is 2. The molecule has 5 heteroatoms. The third-order valence-electron chi connectivity index (χ3n) is 2.57. The molecule has 0 fully saturated rings. The zero-order valence-electron chi connectivity index (χ0n) is 8.94. The van der Waals surface area contributed by atoms with Gasteiger partial charge in [-0.1, -0.05) is 0 Å². The van der Waals surface area contributed by atoms with Crippen LogP contribution in [0.5, 0.6) is 17.2 Å². The van der Waals surface area contributed by atoms with E-state index >= 15 is 0 Å². The number of carbonyl (C=O) groups is 1. The highest BCUT2D eigenvalue weighted by Gasteiger charge is 2.37. The second-order valence-electron chi connectivity index (χ2n) is 4.12. The average Bonchev–Trinajstić information content (AvgIpc) is 2.11. The van der Waals surface area contributed by atoms with Crippen LogP contribution >= 0.6 is 0 Å². The van der Waals surface area contributed by atoms with Gasteiger partial charge in [-0.15, -0.1) is 0 Å². The number of rotatable bonds is 0. The maximum Gasteiger partial charge on any atom is 0.212 e. The Balaban J connectivity index is 2.70. The normalized spacial score (nSPS) is 23.8. The summed E-state index contributed by atoms with van der Waals surface area (Å²) in [7, 11) is 0. The van der Waals surface area contributed by atoms with E-state index in [4.69, 9.17) is 4.74 Å². The molecule has 1 heterocycles. The number of Topliss-reactive ketones (excluding diaryl/α,β-unsaturated/α-hetero) is 1. The van der Waals surface area contributed by atoms with Crippen LogP contribution in [0.15, 0.2) is 6.07 Å². The van der Waals surface area contributed by atoms with Gasteiger partial charge in [-0.05, 0) is 6.92 Å². The van der Waals surface area contributed by atoms with Crippen molar-refractivity contribution in [2.75, 3.05) is 0 Å². The Morgan fingerprint density at radius 2 is 2.00 bits per heavy atom. The molecule has 0 radical (unpaired) electrons. The number of hydrogen-bond donors (Lipinski definition) is 3. The Bertz CT molecular complexity index is 476. The van der Waals surface area contributed by atoms with Crippen molar-refractivity contribution in [1.29, 1.82) is 0 Å². The van der Waals surface area contributed by atoms with Crippen molar-refractivity contribution in [1.82, 2.24) is 0 Å². The summed E-state index contributed by atoms with van der Waals surface area (Å²) in [6.07, 6.45) is -0.224. The third kappa shape index (κ3) is 1.49. The molecule has 0 saturated heterocycles. The minimum Gasteiger partial charge on any atom is -0.507 e. The van der Waals surface area contributed by atoms with Crippen molar-refractivity contribution in [2.24, 2.45) is 0 Å². The first-order valence-corrected chi connectivity index (χ1v) is 4.82. The quantitative estimate of drug-likeness (QED) is 0.613. The number of fused-ring (bicyclic) bond motifs is 1. The molecule has 0 aromatic heterocycles. The van der Waals surface area contributed by atoms with Crippen LogP contribution in [0.2, 0.25) is 0 Å². The fourth-order valence-corrected chi connectivity index (χ4v) is 1.77. The minimum absolute atomic E-state index is 0.0156. The Kier molecular flexibility index (Phi) is 2.10. The number of benzene rings is 1. The van der Waals surface area contributed by atoms with Crippen molar-refractivity contribution in [2.45, 2.75) is 26.1 Å². The SMILES string of the molecule is Cc1c(O)cc(O)c2c1OC(C)(O)CC2=O. The first-order chi connectivity index (χ1) is 7.32. The topological polar surface area (TPSA) is 87.0 Å². The largest absolute Gasteiger partial charge is 0.507 e. The number of aliphatic hydroxyl groups is 1. The summed E-state index contributed by atoms with van der Waals surface area (Å²) in [4.78, 5) is 11.7. The van der Waals surface area contributed by atoms with E-state index in [-0.39, 0.29) is 29.2 Å². The van der Waals surface area contributed by atoms with Gasteiger partial charge in [-0.25, -0.2) is 0 Å². The standard InChI is InChI=1S/C11H12O5/c1-5-6(12)3-7(13)9-8(14)4-11(2,15)16-10(5)9/h3,12-13,15H,4H2,1-2H3. The lowest BCUT2D eigenvalue weighted by atomic mass is 9.95. The van der Waals surface area contributed by atoms with Gasteiger partial charge in [0.1, 0.15) is 22.8 Å². The molecular formula is C11H12O5. The van der Waals surface area contributed by atoms with E-state index in [1.807, 2.05) is 0 Å². The van der Waals surface area contributed by atoms with Gasteiger partial charge in [-0.3, -0.25) is 4.79 Å².